The van der Waals surface area contributed by atoms with Crippen molar-refractivity contribution in [2.24, 2.45) is 11.8 Å². The zero-order valence-electron chi connectivity index (χ0n) is 12.5. The molecule has 1 saturated heterocycles. The Morgan fingerprint density at radius 1 is 1.24 bits per heavy atom. The smallest absolute Gasteiger partial charge is 0.0253 e. The van der Waals surface area contributed by atoms with Gasteiger partial charge in [-0.2, -0.15) is 0 Å². The molecule has 1 saturated carbocycles. The second kappa shape index (κ2) is 4.24. The predicted octanol–water partition coefficient (Wildman–Crippen LogP) is 2.88. The highest BCUT2D eigenvalue weighted by molar-refractivity contribution is 5.04. The van der Waals surface area contributed by atoms with E-state index in [1.807, 2.05) is 0 Å². The number of hydrogen-bond acceptors (Lipinski definition) is 2. The quantitative estimate of drug-likeness (QED) is 0.813. The fourth-order valence-electron chi connectivity index (χ4n) is 3.34. The van der Waals surface area contributed by atoms with Crippen LogP contribution >= 0.6 is 0 Å². The Morgan fingerprint density at radius 3 is 2.29 bits per heavy atom. The van der Waals surface area contributed by atoms with Crippen LogP contribution < -0.4 is 5.32 Å². The van der Waals surface area contributed by atoms with Crippen molar-refractivity contribution in [3.63, 3.8) is 0 Å². The summed E-state index contributed by atoms with van der Waals surface area (Å²) in [5, 5.41) is 3.71. The van der Waals surface area contributed by atoms with E-state index in [1.165, 1.54) is 19.4 Å². The number of piperazine rings is 1. The van der Waals surface area contributed by atoms with E-state index in [4.69, 9.17) is 0 Å². The van der Waals surface area contributed by atoms with E-state index in [2.05, 4.69) is 51.8 Å². The summed E-state index contributed by atoms with van der Waals surface area (Å²) in [6.07, 6.45) is 2.87. The van der Waals surface area contributed by atoms with Gasteiger partial charge < -0.3 is 5.32 Å². The van der Waals surface area contributed by atoms with Gasteiger partial charge in [0.1, 0.15) is 0 Å². The first kappa shape index (κ1) is 13.4. The molecule has 2 nitrogen and oxygen atoms in total. The SMILES string of the molecule is CC(C)C1CNC(C)(C)CN1C(C)(C)C1CC1. The third-order valence-corrected chi connectivity index (χ3v) is 4.84. The highest BCUT2D eigenvalue weighted by Gasteiger charge is 2.48. The molecule has 1 heterocycles. The third-order valence-electron chi connectivity index (χ3n) is 4.84. The van der Waals surface area contributed by atoms with Gasteiger partial charge in [0, 0.05) is 30.2 Å². The fraction of sp³-hybridized carbons (Fsp3) is 1.00. The molecule has 100 valence electrons. The van der Waals surface area contributed by atoms with Crippen LogP contribution in [0, 0.1) is 11.8 Å². The van der Waals surface area contributed by atoms with E-state index in [0.29, 0.717) is 11.6 Å². The van der Waals surface area contributed by atoms with Crippen LogP contribution in [0.25, 0.3) is 0 Å². The minimum atomic E-state index is 0.261. The van der Waals surface area contributed by atoms with Gasteiger partial charge in [0.25, 0.3) is 0 Å². The topological polar surface area (TPSA) is 15.3 Å². The zero-order valence-corrected chi connectivity index (χ0v) is 12.5. The molecule has 1 unspecified atom stereocenters. The van der Waals surface area contributed by atoms with E-state index in [9.17, 15) is 0 Å². The fourth-order valence-corrected chi connectivity index (χ4v) is 3.34. The van der Waals surface area contributed by atoms with Crippen LogP contribution in [0.1, 0.15) is 54.4 Å². The summed E-state index contributed by atoms with van der Waals surface area (Å²) in [4.78, 5) is 2.80. The van der Waals surface area contributed by atoms with Crippen molar-refractivity contribution in [2.75, 3.05) is 13.1 Å². The van der Waals surface area contributed by atoms with Crippen LogP contribution in [-0.4, -0.2) is 35.1 Å². The summed E-state index contributed by atoms with van der Waals surface area (Å²) in [6.45, 7) is 16.6. The van der Waals surface area contributed by atoms with Crippen LogP contribution in [0.3, 0.4) is 0 Å². The van der Waals surface area contributed by atoms with Gasteiger partial charge in [0.2, 0.25) is 0 Å². The Balaban J connectivity index is 2.18. The van der Waals surface area contributed by atoms with Crippen LogP contribution in [0.5, 0.6) is 0 Å². The highest BCUT2D eigenvalue weighted by atomic mass is 15.3. The van der Waals surface area contributed by atoms with Crippen molar-refractivity contribution in [1.82, 2.24) is 10.2 Å². The lowest BCUT2D eigenvalue weighted by Gasteiger charge is -2.53. The van der Waals surface area contributed by atoms with E-state index < -0.39 is 0 Å². The molecule has 0 aromatic rings. The molecule has 2 heteroatoms. The van der Waals surface area contributed by atoms with Gasteiger partial charge in [-0.25, -0.2) is 0 Å². The monoisotopic (exact) mass is 238 g/mol. The minimum Gasteiger partial charge on any atom is -0.309 e. The second-order valence-electron chi connectivity index (χ2n) is 7.63. The van der Waals surface area contributed by atoms with E-state index in [1.54, 1.807) is 0 Å². The van der Waals surface area contributed by atoms with Crippen molar-refractivity contribution in [3.05, 3.63) is 0 Å². The van der Waals surface area contributed by atoms with Crippen LogP contribution in [-0.2, 0) is 0 Å². The zero-order chi connectivity index (χ0) is 12.8. The lowest BCUT2D eigenvalue weighted by Crippen LogP contribution is -2.68. The van der Waals surface area contributed by atoms with Gasteiger partial charge >= 0.3 is 0 Å². The lowest BCUT2D eigenvalue weighted by atomic mass is 9.85. The molecule has 1 aliphatic heterocycles. The number of rotatable bonds is 3. The number of hydrogen-bond donors (Lipinski definition) is 1. The molecule has 2 fully saturated rings. The average molecular weight is 238 g/mol. The Kier molecular flexibility index (Phi) is 3.33. The molecule has 17 heavy (non-hydrogen) atoms. The molecule has 0 aromatic carbocycles. The predicted molar refractivity (Wildman–Crippen MR) is 74.2 cm³/mol. The van der Waals surface area contributed by atoms with Crippen molar-refractivity contribution in [1.29, 1.82) is 0 Å². The third kappa shape index (κ3) is 2.68. The normalized spacial score (nSPS) is 30.9. The molecular formula is C15H30N2. The maximum absolute atomic E-state index is 3.71. The van der Waals surface area contributed by atoms with Gasteiger partial charge in [-0.05, 0) is 52.4 Å². The maximum Gasteiger partial charge on any atom is 0.0253 e. The number of nitrogens with one attached hydrogen (secondary N) is 1. The molecule has 1 N–H and O–H groups in total. The summed E-state index contributed by atoms with van der Waals surface area (Å²) in [5.41, 5.74) is 0.645. The largest absolute Gasteiger partial charge is 0.309 e. The minimum absolute atomic E-state index is 0.261. The first-order valence-electron chi connectivity index (χ1n) is 7.26. The van der Waals surface area contributed by atoms with Crippen molar-refractivity contribution in [2.45, 2.75) is 71.5 Å². The van der Waals surface area contributed by atoms with Crippen molar-refractivity contribution in [3.8, 4) is 0 Å². The Bertz CT molecular complexity index is 277. The summed E-state index contributed by atoms with van der Waals surface area (Å²) < 4.78 is 0. The van der Waals surface area contributed by atoms with Crippen LogP contribution in [0.15, 0.2) is 0 Å². The molecule has 1 aliphatic carbocycles. The van der Waals surface area contributed by atoms with Gasteiger partial charge in [-0.1, -0.05) is 13.8 Å². The van der Waals surface area contributed by atoms with Gasteiger partial charge in [0.05, 0.1) is 0 Å². The van der Waals surface area contributed by atoms with Crippen molar-refractivity contribution >= 4 is 0 Å². The van der Waals surface area contributed by atoms with Gasteiger partial charge in [0.15, 0.2) is 0 Å². The molecule has 0 spiro atoms. The Morgan fingerprint density at radius 2 is 1.82 bits per heavy atom. The summed E-state index contributed by atoms with van der Waals surface area (Å²) in [5.74, 6) is 1.66. The van der Waals surface area contributed by atoms with E-state index in [-0.39, 0.29) is 5.54 Å². The molecule has 1 atom stereocenters. The highest BCUT2D eigenvalue weighted by Crippen LogP contribution is 2.45. The molecule has 0 aromatic heterocycles. The van der Waals surface area contributed by atoms with E-state index >= 15 is 0 Å². The Hall–Kier alpha value is -0.0800. The summed E-state index contributed by atoms with van der Waals surface area (Å²) >= 11 is 0. The van der Waals surface area contributed by atoms with Gasteiger partial charge in [-0.15, -0.1) is 0 Å². The second-order valence-corrected chi connectivity index (χ2v) is 7.63. The Labute approximate surface area is 107 Å². The lowest BCUT2D eigenvalue weighted by molar-refractivity contribution is -0.0198. The van der Waals surface area contributed by atoms with Crippen LogP contribution in [0.4, 0.5) is 0 Å². The van der Waals surface area contributed by atoms with Crippen molar-refractivity contribution < 1.29 is 0 Å². The molecular weight excluding hydrogens is 208 g/mol. The average Bonchev–Trinajstić information content (AvgIpc) is 2.98. The summed E-state index contributed by atoms with van der Waals surface area (Å²) in [7, 11) is 0. The first-order valence-corrected chi connectivity index (χ1v) is 7.26. The van der Waals surface area contributed by atoms with Crippen LogP contribution in [0.2, 0.25) is 0 Å². The number of nitrogens with zero attached hydrogens (tertiary/aromatic N) is 1. The molecule has 0 bridgehead atoms. The molecule has 2 rings (SSSR count). The molecule has 0 amide bonds. The summed E-state index contributed by atoms with van der Waals surface area (Å²) in [6, 6.07) is 0.693. The molecule has 2 aliphatic rings. The maximum atomic E-state index is 3.71. The molecule has 0 radical (unpaired) electrons. The van der Waals surface area contributed by atoms with E-state index in [0.717, 1.165) is 18.4 Å². The van der Waals surface area contributed by atoms with Gasteiger partial charge in [-0.3, -0.25) is 4.90 Å². The first-order chi connectivity index (χ1) is 7.74. The standard InChI is InChI=1S/C15H30N2/c1-11(2)13-9-16-14(3,4)10-17(13)15(5,6)12-7-8-12/h11-13,16H,7-10H2,1-6H3.